The summed E-state index contributed by atoms with van der Waals surface area (Å²) in [6.45, 7) is 2.47. The summed E-state index contributed by atoms with van der Waals surface area (Å²) in [5.41, 5.74) is 3.47. The minimum Gasteiger partial charge on any atom is -0.466 e. The van der Waals surface area contributed by atoms with E-state index in [1.54, 1.807) is 0 Å². The van der Waals surface area contributed by atoms with Gasteiger partial charge < -0.3 is 4.74 Å². The van der Waals surface area contributed by atoms with Crippen molar-refractivity contribution in [2.24, 2.45) is 4.99 Å². The number of amidine groups is 1. The molecule has 1 atom stereocenters. The predicted molar refractivity (Wildman–Crippen MR) is 95.8 cm³/mol. The lowest BCUT2D eigenvalue weighted by Crippen LogP contribution is -2.31. The molecule has 5 nitrogen and oxygen atoms in total. The van der Waals surface area contributed by atoms with Crippen molar-refractivity contribution in [1.29, 1.82) is 0 Å². The van der Waals surface area contributed by atoms with E-state index in [0.29, 0.717) is 12.4 Å². The van der Waals surface area contributed by atoms with Crippen LogP contribution >= 0.6 is 0 Å². The van der Waals surface area contributed by atoms with E-state index >= 15 is 0 Å². The van der Waals surface area contributed by atoms with Crippen LogP contribution in [-0.2, 0) is 20.1 Å². The lowest BCUT2D eigenvalue weighted by atomic mass is 10.00. The van der Waals surface area contributed by atoms with Crippen molar-refractivity contribution in [2.75, 3.05) is 6.61 Å². The Hall–Kier alpha value is -2.66. The molecule has 1 aliphatic rings. The fourth-order valence-corrected chi connectivity index (χ4v) is 2.66. The van der Waals surface area contributed by atoms with Crippen LogP contribution in [0.5, 0.6) is 0 Å². The van der Waals surface area contributed by atoms with Gasteiger partial charge in [-0.1, -0.05) is 74.0 Å². The summed E-state index contributed by atoms with van der Waals surface area (Å²) in [4.78, 5) is 22.8. The SMILES string of the molecule is CCCCOC(=O)CC1(c2ccccc2)N=C(c2ccccc2)NO1. The number of hydrogen-bond acceptors (Lipinski definition) is 5. The summed E-state index contributed by atoms with van der Waals surface area (Å²) in [5, 5.41) is 0. The number of nitrogens with zero attached hydrogens (tertiary/aromatic N) is 1. The zero-order valence-electron chi connectivity index (χ0n) is 14.3. The van der Waals surface area contributed by atoms with Gasteiger partial charge in [-0.15, -0.1) is 0 Å². The van der Waals surface area contributed by atoms with E-state index in [-0.39, 0.29) is 12.4 Å². The smallest absolute Gasteiger partial charge is 0.311 e. The van der Waals surface area contributed by atoms with Crippen molar-refractivity contribution in [2.45, 2.75) is 31.9 Å². The molecule has 0 radical (unpaired) electrons. The average Bonchev–Trinajstić information content (AvgIpc) is 3.09. The molecule has 3 rings (SSSR count). The normalized spacial score (nSPS) is 19.2. The molecular weight excluding hydrogens is 316 g/mol. The summed E-state index contributed by atoms with van der Waals surface area (Å²) in [7, 11) is 0. The van der Waals surface area contributed by atoms with E-state index in [0.717, 1.165) is 24.0 Å². The fraction of sp³-hybridized carbons (Fsp3) is 0.300. The van der Waals surface area contributed by atoms with Gasteiger partial charge in [-0.05, 0) is 6.42 Å². The van der Waals surface area contributed by atoms with Gasteiger partial charge in [0.15, 0.2) is 5.84 Å². The van der Waals surface area contributed by atoms with Crippen molar-refractivity contribution >= 4 is 11.8 Å². The molecule has 0 saturated carbocycles. The molecule has 1 heterocycles. The first-order valence-corrected chi connectivity index (χ1v) is 8.54. The second-order valence-corrected chi connectivity index (χ2v) is 5.93. The van der Waals surface area contributed by atoms with Gasteiger partial charge in [0.25, 0.3) is 0 Å². The van der Waals surface area contributed by atoms with Crippen LogP contribution in [0.15, 0.2) is 65.7 Å². The van der Waals surface area contributed by atoms with Gasteiger partial charge in [0, 0.05) is 11.1 Å². The number of nitrogens with one attached hydrogen (secondary N) is 1. The topological polar surface area (TPSA) is 59.9 Å². The van der Waals surface area contributed by atoms with Gasteiger partial charge in [0.05, 0.1) is 6.61 Å². The molecule has 0 bridgehead atoms. The number of hydrogen-bond donors (Lipinski definition) is 1. The molecule has 0 amide bonds. The van der Waals surface area contributed by atoms with Crippen molar-refractivity contribution < 1.29 is 14.4 Å². The van der Waals surface area contributed by atoms with Gasteiger partial charge >= 0.3 is 5.97 Å². The molecular formula is C20H22N2O3. The van der Waals surface area contributed by atoms with Crippen molar-refractivity contribution in [1.82, 2.24) is 5.48 Å². The summed E-state index contributed by atoms with van der Waals surface area (Å²) in [6.07, 6.45) is 1.84. The molecule has 0 saturated heterocycles. The number of hydroxylamine groups is 1. The summed E-state index contributed by atoms with van der Waals surface area (Å²) >= 11 is 0. The Labute approximate surface area is 147 Å². The third kappa shape index (κ3) is 4.06. The zero-order valence-corrected chi connectivity index (χ0v) is 14.3. The number of benzene rings is 2. The molecule has 0 aliphatic carbocycles. The molecule has 130 valence electrons. The van der Waals surface area contributed by atoms with Crippen LogP contribution in [0.3, 0.4) is 0 Å². The lowest BCUT2D eigenvalue weighted by molar-refractivity contribution is -0.154. The van der Waals surface area contributed by atoms with Gasteiger partial charge in [-0.25, -0.2) is 15.3 Å². The van der Waals surface area contributed by atoms with Gasteiger partial charge in [-0.2, -0.15) is 0 Å². The molecule has 0 spiro atoms. The lowest BCUT2D eigenvalue weighted by Gasteiger charge is -2.23. The van der Waals surface area contributed by atoms with Crippen LogP contribution in [0.1, 0.15) is 37.3 Å². The maximum atomic E-state index is 12.3. The Morgan fingerprint density at radius 2 is 1.80 bits per heavy atom. The summed E-state index contributed by atoms with van der Waals surface area (Å²) < 4.78 is 5.32. The van der Waals surface area contributed by atoms with Gasteiger partial charge in [-0.3, -0.25) is 4.79 Å². The quantitative estimate of drug-likeness (QED) is 0.619. The Balaban J connectivity index is 1.87. The largest absolute Gasteiger partial charge is 0.466 e. The van der Waals surface area contributed by atoms with Crippen LogP contribution in [0, 0.1) is 0 Å². The highest BCUT2D eigenvalue weighted by molar-refractivity contribution is 5.99. The fourth-order valence-electron chi connectivity index (χ4n) is 2.66. The Morgan fingerprint density at radius 3 is 2.48 bits per heavy atom. The first-order valence-electron chi connectivity index (χ1n) is 8.54. The zero-order chi connectivity index (χ0) is 17.5. The number of carbonyl (C=O) groups excluding carboxylic acids is 1. The van der Waals surface area contributed by atoms with Gasteiger partial charge in [0.1, 0.15) is 6.42 Å². The molecule has 1 aliphatic heterocycles. The standard InChI is InChI=1S/C20H22N2O3/c1-2-3-14-24-18(23)15-20(17-12-8-5-9-13-17)21-19(22-25-20)16-10-6-4-7-11-16/h4-13H,2-3,14-15H2,1H3,(H,21,22). The number of carbonyl (C=O) groups is 1. The van der Waals surface area contributed by atoms with E-state index in [4.69, 9.17) is 14.6 Å². The third-order valence-corrected chi connectivity index (χ3v) is 4.03. The Kier molecular flexibility index (Phi) is 5.46. The molecule has 0 aromatic heterocycles. The minimum absolute atomic E-state index is 0.0179. The highest BCUT2D eigenvalue weighted by Crippen LogP contribution is 2.34. The highest BCUT2D eigenvalue weighted by atomic mass is 16.7. The molecule has 1 N–H and O–H groups in total. The molecule has 2 aromatic carbocycles. The van der Waals surface area contributed by atoms with E-state index in [2.05, 4.69) is 12.4 Å². The summed E-state index contributed by atoms with van der Waals surface area (Å²) in [5.74, 6) is 0.281. The van der Waals surface area contributed by atoms with E-state index in [1.165, 1.54) is 0 Å². The first-order chi connectivity index (χ1) is 12.2. The van der Waals surface area contributed by atoms with Crippen molar-refractivity contribution in [3.63, 3.8) is 0 Å². The molecule has 2 aromatic rings. The Morgan fingerprint density at radius 1 is 1.12 bits per heavy atom. The van der Waals surface area contributed by atoms with Crippen molar-refractivity contribution in [3.05, 3.63) is 71.8 Å². The molecule has 5 heteroatoms. The number of rotatable bonds is 7. The third-order valence-electron chi connectivity index (χ3n) is 4.03. The molecule has 25 heavy (non-hydrogen) atoms. The van der Waals surface area contributed by atoms with Crippen LogP contribution in [0.4, 0.5) is 0 Å². The van der Waals surface area contributed by atoms with Crippen molar-refractivity contribution in [3.8, 4) is 0 Å². The molecule has 0 fully saturated rings. The number of esters is 1. The van der Waals surface area contributed by atoms with Crippen LogP contribution in [0.2, 0.25) is 0 Å². The predicted octanol–water partition coefficient (Wildman–Crippen LogP) is 3.55. The van der Waals surface area contributed by atoms with E-state index in [1.807, 2.05) is 60.7 Å². The van der Waals surface area contributed by atoms with Crippen LogP contribution < -0.4 is 5.48 Å². The monoisotopic (exact) mass is 338 g/mol. The molecule has 1 unspecified atom stereocenters. The number of ether oxygens (including phenoxy) is 1. The van der Waals surface area contributed by atoms with Crippen LogP contribution in [0.25, 0.3) is 0 Å². The first kappa shape index (κ1) is 17.2. The average molecular weight is 338 g/mol. The van der Waals surface area contributed by atoms with E-state index in [9.17, 15) is 4.79 Å². The maximum Gasteiger partial charge on any atom is 0.311 e. The minimum atomic E-state index is -1.12. The Bertz CT molecular complexity index is 731. The van der Waals surface area contributed by atoms with Crippen LogP contribution in [-0.4, -0.2) is 18.4 Å². The number of aliphatic imine (C=N–C) groups is 1. The maximum absolute atomic E-state index is 12.3. The number of unbranched alkanes of at least 4 members (excludes halogenated alkanes) is 1. The second-order valence-electron chi connectivity index (χ2n) is 5.93. The second kappa shape index (κ2) is 7.94. The highest BCUT2D eigenvalue weighted by Gasteiger charge is 2.42. The summed E-state index contributed by atoms with van der Waals surface area (Å²) in [6, 6.07) is 19.2. The van der Waals surface area contributed by atoms with Gasteiger partial charge in [0.2, 0.25) is 5.72 Å². The van der Waals surface area contributed by atoms with E-state index < -0.39 is 5.72 Å².